The Morgan fingerprint density at radius 2 is 2.19 bits per heavy atom. The Bertz CT molecular complexity index is 528. The highest BCUT2D eigenvalue weighted by atomic mass is 16.4. The van der Waals surface area contributed by atoms with Crippen molar-refractivity contribution in [3.8, 4) is 0 Å². The van der Waals surface area contributed by atoms with Crippen LogP contribution in [-0.2, 0) is 11.8 Å². The molecule has 0 radical (unpaired) electrons. The molecule has 2 aromatic rings. The van der Waals surface area contributed by atoms with Crippen LogP contribution in [0, 0.1) is 0 Å². The normalized spacial score (nSPS) is 12.9. The van der Waals surface area contributed by atoms with Gasteiger partial charge in [-0.15, -0.1) is 0 Å². The Morgan fingerprint density at radius 3 is 2.81 bits per heavy atom. The first-order valence-electron chi connectivity index (χ1n) is 5.42. The van der Waals surface area contributed by atoms with E-state index in [0.29, 0.717) is 6.42 Å². The highest BCUT2D eigenvalue weighted by Gasteiger charge is 2.20. The Balaban J connectivity index is 2.63. The minimum atomic E-state index is -0.751. The number of rotatable bonds is 3. The van der Waals surface area contributed by atoms with Crippen LogP contribution in [-0.4, -0.2) is 15.6 Å². The van der Waals surface area contributed by atoms with E-state index < -0.39 is 11.9 Å². The molecule has 1 N–H and O–H groups in total. The van der Waals surface area contributed by atoms with E-state index in [2.05, 4.69) is 0 Å². The highest BCUT2D eigenvalue weighted by Crippen LogP contribution is 2.28. The fourth-order valence-electron chi connectivity index (χ4n) is 2.16. The van der Waals surface area contributed by atoms with E-state index in [-0.39, 0.29) is 0 Å². The molecule has 3 nitrogen and oxygen atoms in total. The zero-order valence-electron chi connectivity index (χ0n) is 9.47. The third-order valence-electron chi connectivity index (χ3n) is 3.04. The molecule has 1 atom stereocenters. The quantitative estimate of drug-likeness (QED) is 0.859. The zero-order chi connectivity index (χ0) is 11.7. The van der Waals surface area contributed by atoms with Gasteiger partial charge in [0, 0.05) is 24.1 Å². The van der Waals surface area contributed by atoms with Gasteiger partial charge >= 0.3 is 5.97 Å². The number of hydrogen-bond acceptors (Lipinski definition) is 1. The molecule has 84 valence electrons. The molecule has 0 aliphatic rings. The van der Waals surface area contributed by atoms with Gasteiger partial charge in [0.15, 0.2) is 0 Å². The highest BCUT2D eigenvalue weighted by molar-refractivity contribution is 5.89. The zero-order valence-corrected chi connectivity index (χ0v) is 9.47. The fraction of sp³-hybridized carbons (Fsp3) is 0.308. The molecular weight excluding hydrogens is 202 g/mol. The summed E-state index contributed by atoms with van der Waals surface area (Å²) in [5.41, 5.74) is 1.99. The van der Waals surface area contributed by atoms with Gasteiger partial charge in [0.2, 0.25) is 0 Å². The van der Waals surface area contributed by atoms with Gasteiger partial charge in [-0.2, -0.15) is 0 Å². The van der Waals surface area contributed by atoms with E-state index in [4.69, 9.17) is 0 Å². The van der Waals surface area contributed by atoms with Crippen LogP contribution in [0.5, 0.6) is 0 Å². The minimum absolute atomic E-state index is 0.411. The maximum atomic E-state index is 11.2. The number of carboxylic acids is 1. The Labute approximate surface area is 94.3 Å². The van der Waals surface area contributed by atoms with Crippen molar-refractivity contribution in [2.24, 2.45) is 7.05 Å². The predicted molar refractivity (Wildman–Crippen MR) is 63.6 cm³/mol. The predicted octanol–water partition coefficient (Wildman–Crippen LogP) is 2.76. The summed E-state index contributed by atoms with van der Waals surface area (Å²) >= 11 is 0. The molecule has 0 saturated heterocycles. The molecule has 1 unspecified atom stereocenters. The van der Waals surface area contributed by atoms with Crippen LogP contribution in [0.4, 0.5) is 0 Å². The molecule has 0 spiro atoms. The summed E-state index contributed by atoms with van der Waals surface area (Å²) in [4.78, 5) is 11.2. The molecule has 2 rings (SSSR count). The number of aliphatic carboxylic acids is 1. The maximum absolute atomic E-state index is 11.2. The third kappa shape index (κ3) is 1.58. The molecule has 16 heavy (non-hydrogen) atoms. The number of benzene rings is 1. The number of aromatic nitrogens is 1. The first-order chi connectivity index (χ1) is 7.65. The summed E-state index contributed by atoms with van der Waals surface area (Å²) in [6.45, 7) is 1.90. The number of nitrogens with zero attached hydrogens (tertiary/aromatic N) is 1. The topological polar surface area (TPSA) is 42.2 Å². The molecule has 1 heterocycles. The van der Waals surface area contributed by atoms with E-state index >= 15 is 0 Å². The van der Waals surface area contributed by atoms with Crippen molar-refractivity contribution < 1.29 is 9.90 Å². The number of carbonyl (C=O) groups is 1. The van der Waals surface area contributed by atoms with Crippen molar-refractivity contribution in [2.45, 2.75) is 19.3 Å². The first kappa shape index (κ1) is 10.7. The van der Waals surface area contributed by atoms with Crippen molar-refractivity contribution in [2.75, 3.05) is 0 Å². The smallest absolute Gasteiger partial charge is 0.310 e. The van der Waals surface area contributed by atoms with Crippen LogP contribution in [0.3, 0.4) is 0 Å². The first-order valence-corrected chi connectivity index (χ1v) is 5.42. The van der Waals surface area contributed by atoms with E-state index in [1.54, 1.807) is 0 Å². The average Bonchev–Trinajstić information content (AvgIpc) is 2.62. The van der Waals surface area contributed by atoms with Crippen molar-refractivity contribution in [1.29, 1.82) is 0 Å². The number of hydrogen-bond donors (Lipinski definition) is 1. The van der Waals surface area contributed by atoms with Crippen LogP contribution < -0.4 is 0 Å². The van der Waals surface area contributed by atoms with Crippen molar-refractivity contribution >= 4 is 16.9 Å². The molecule has 1 aromatic carbocycles. The summed E-state index contributed by atoms with van der Waals surface area (Å²) in [5.74, 6) is -1.16. The lowest BCUT2D eigenvalue weighted by molar-refractivity contribution is -0.138. The van der Waals surface area contributed by atoms with Crippen LogP contribution in [0.25, 0.3) is 10.9 Å². The summed E-state index contributed by atoms with van der Waals surface area (Å²) in [5, 5.41) is 10.2. The second-order valence-electron chi connectivity index (χ2n) is 4.01. The molecule has 0 saturated carbocycles. The lowest BCUT2D eigenvalue weighted by Gasteiger charge is -2.11. The van der Waals surface area contributed by atoms with Gasteiger partial charge < -0.3 is 9.67 Å². The molecule has 0 fully saturated rings. The van der Waals surface area contributed by atoms with E-state index in [1.807, 2.05) is 49.0 Å². The number of aryl methyl sites for hydroxylation is 1. The lowest BCUT2D eigenvalue weighted by atomic mass is 9.94. The molecule has 3 heteroatoms. The lowest BCUT2D eigenvalue weighted by Crippen LogP contribution is -2.10. The maximum Gasteiger partial charge on any atom is 0.310 e. The SMILES string of the molecule is CCC(C(=O)O)c1cccc2c1ccn2C. The Kier molecular flexibility index (Phi) is 2.69. The van der Waals surface area contributed by atoms with Gasteiger partial charge in [-0.05, 0) is 24.1 Å². The van der Waals surface area contributed by atoms with Crippen molar-refractivity contribution in [1.82, 2.24) is 4.57 Å². The molecule has 1 aromatic heterocycles. The monoisotopic (exact) mass is 217 g/mol. The summed E-state index contributed by atoms with van der Waals surface area (Å²) < 4.78 is 2.01. The Morgan fingerprint density at radius 1 is 1.44 bits per heavy atom. The van der Waals surface area contributed by atoms with Crippen LogP contribution >= 0.6 is 0 Å². The average molecular weight is 217 g/mol. The van der Waals surface area contributed by atoms with Gasteiger partial charge in [0.05, 0.1) is 5.92 Å². The van der Waals surface area contributed by atoms with Gasteiger partial charge in [-0.1, -0.05) is 19.1 Å². The molecule has 0 bridgehead atoms. The van der Waals surface area contributed by atoms with Crippen molar-refractivity contribution in [3.05, 3.63) is 36.0 Å². The third-order valence-corrected chi connectivity index (χ3v) is 3.04. The summed E-state index contributed by atoms with van der Waals surface area (Å²) in [7, 11) is 1.97. The van der Waals surface area contributed by atoms with E-state index in [0.717, 1.165) is 16.5 Å². The van der Waals surface area contributed by atoms with Crippen molar-refractivity contribution in [3.63, 3.8) is 0 Å². The second kappa shape index (κ2) is 4.00. The fourth-order valence-corrected chi connectivity index (χ4v) is 2.16. The van der Waals surface area contributed by atoms with E-state index in [1.165, 1.54) is 0 Å². The minimum Gasteiger partial charge on any atom is -0.481 e. The molecule has 0 amide bonds. The number of carboxylic acid groups (broad SMARTS) is 1. The number of fused-ring (bicyclic) bond motifs is 1. The molecule has 0 aliphatic heterocycles. The van der Waals surface area contributed by atoms with Gasteiger partial charge in [-0.25, -0.2) is 0 Å². The second-order valence-corrected chi connectivity index (χ2v) is 4.01. The van der Waals surface area contributed by atoms with Crippen LogP contribution in [0.15, 0.2) is 30.5 Å². The van der Waals surface area contributed by atoms with Crippen LogP contribution in [0.1, 0.15) is 24.8 Å². The standard InChI is InChI=1S/C13H15NO2/c1-3-9(13(15)16)10-5-4-6-12-11(10)7-8-14(12)2/h4-9H,3H2,1-2H3,(H,15,16). The van der Waals surface area contributed by atoms with Gasteiger partial charge in [0.1, 0.15) is 0 Å². The van der Waals surface area contributed by atoms with Gasteiger partial charge in [0.25, 0.3) is 0 Å². The Hall–Kier alpha value is -1.77. The van der Waals surface area contributed by atoms with Crippen LogP contribution in [0.2, 0.25) is 0 Å². The largest absolute Gasteiger partial charge is 0.481 e. The molecule has 0 aliphatic carbocycles. The van der Waals surface area contributed by atoms with E-state index in [9.17, 15) is 9.90 Å². The summed E-state index contributed by atoms with van der Waals surface area (Å²) in [6.07, 6.45) is 2.58. The van der Waals surface area contributed by atoms with Gasteiger partial charge in [-0.3, -0.25) is 4.79 Å². The summed E-state index contributed by atoms with van der Waals surface area (Å²) in [6, 6.07) is 7.82. The molecular formula is C13H15NO2.